The number of hydrogen-bond donors (Lipinski definition) is 0. The van der Waals surface area contributed by atoms with Crippen molar-refractivity contribution in [2.45, 2.75) is 44.8 Å². The zero-order valence-electron chi connectivity index (χ0n) is 13.5. The third-order valence-electron chi connectivity index (χ3n) is 3.37. The molecule has 0 atom stereocenters. The molecule has 0 N–H and O–H groups in total. The summed E-state index contributed by atoms with van der Waals surface area (Å²) >= 11 is 0. The molecule has 0 fully saturated rings. The van der Waals surface area contributed by atoms with Crippen molar-refractivity contribution < 1.29 is 8.42 Å². The molecule has 0 aliphatic carbocycles. The number of imidazole rings is 1. The predicted molar refractivity (Wildman–Crippen MR) is 83.7 cm³/mol. The van der Waals surface area contributed by atoms with Crippen LogP contribution in [0.15, 0.2) is 29.9 Å². The Labute approximate surface area is 131 Å². The summed E-state index contributed by atoms with van der Waals surface area (Å²) in [4.78, 5) is 4.07. The molecule has 2 rings (SSSR count). The Morgan fingerprint density at radius 3 is 2.55 bits per heavy atom. The normalized spacial score (nSPS) is 12.5. The standard InChI is InChI=1S/C14H23N5O2S/c1-5-6-19(9-13-7-16-17(4)8-13)22(20,21)14-10-18(11-15-14)12(2)3/h7-8,10-12H,5-6,9H2,1-4H3. The first-order valence-electron chi connectivity index (χ1n) is 7.35. The maximum absolute atomic E-state index is 12.8. The predicted octanol–water partition coefficient (Wildman–Crippen LogP) is 1.80. The van der Waals surface area contributed by atoms with Crippen LogP contribution in [0.2, 0.25) is 0 Å². The maximum Gasteiger partial charge on any atom is 0.262 e. The molecule has 22 heavy (non-hydrogen) atoms. The van der Waals surface area contributed by atoms with Crippen molar-refractivity contribution in [2.75, 3.05) is 6.54 Å². The van der Waals surface area contributed by atoms with E-state index in [-0.39, 0.29) is 11.1 Å². The Bertz CT molecular complexity index is 717. The molecule has 122 valence electrons. The highest BCUT2D eigenvalue weighted by Gasteiger charge is 2.27. The number of sulfonamides is 1. The zero-order valence-corrected chi connectivity index (χ0v) is 14.3. The van der Waals surface area contributed by atoms with E-state index < -0.39 is 10.0 Å². The van der Waals surface area contributed by atoms with Crippen LogP contribution in [0.4, 0.5) is 0 Å². The van der Waals surface area contributed by atoms with Crippen molar-refractivity contribution in [1.82, 2.24) is 23.6 Å². The van der Waals surface area contributed by atoms with Crippen molar-refractivity contribution in [3.63, 3.8) is 0 Å². The Hall–Kier alpha value is -1.67. The van der Waals surface area contributed by atoms with Gasteiger partial charge in [0.05, 0.1) is 12.5 Å². The van der Waals surface area contributed by atoms with Crippen molar-refractivity contribution in [1.29, 1.82) is 0 Å². The van der Waals surface area contributed by atoms with Crippen LogP contribution >= 0.6 is 0 Å². The van der Waals surface area contributed by atoms with E-state index in [0.717, 1.165) is 12.0 Å². The zero-order chi connectivity index (χ0) is 16.3. The van der Waals surface area contributed by atoms with E-state index in [2.05, 4.69) is 10.1 Å². The largest absolute Gasteiger partial charge is 0.334 e. The quantitative estimate of drug-likeness (QED) is 0.778. The van der Waals surface area contributed by atoms with Gasteiger partial charge < -0.3 is 4.57 Å². The van der Waals surface area contributed by atoms with E-state index in [4.69, 9.17) is 0 Å². The summed E-state index contributed by atoms with van der Waals surface area (Å²) in [6.07, 6.45) is 7.40. The number of aromatic nitrogens is 4. The molecule has 0 unspecified atom stereocenters. The summed E-state index contributed by atoms with van der Waals surface area (Å²) in [7, 11) is -1.79. The minimum absolute atomic E-state index is 0.0959. The molecule has 2 heterocycles. The van der Waals surface area contributed by atoms with Crippen LogP contribution in [0.25, 0.3) is 0 Å². The van der Waals surface area contributed by atoms with Crippen molar-refractivity contribution in [2.24, 2.45) is 7.05 Å². The van der Waals surface area contributed by atoms with Gasteiger partial charge in [-0.2, -0.15) is 9.40 Å². The summed E-state index contributed by atoms with van der Waals surface area (Å²) in [6, 6.07) is 0.175. The fourth-order valence-corrected chi connectivity index (χ4v) is 3.60. The number of hydrogen-bond acceptors (Lipinski definition) is 4. The van der Waals surface area contributed by atoms with Gasteiger partial charge >= 0.3 is 0 Å². The molecular weight excluding hydrogens is 302 g/mol. The summed E-state index contributed by atoms with van der Waals surface area (Å²) in [5.74, 6) is 0. The minimum atomic E-state index is -3.60. The van der Waals surface area contributed by atoms with Gasteiger partial charge in [-0.15, -0.1) is 0 Å². The highest BCUT2D eigenvalue weighted by molar-refractivity contribution is 7.89. The van der Waals surface area contributed by atoms with E-state index in [1.807, 2.05) is 34.0 Å². The second-order valence-corrected chi connectivity index (χ2v) is 7.50. The highest BCUT2D eigenvalue weighted by Crippen LogP contribution is 2.18. The fourth-order valence-electron chi connectivity index (χ4n) is 2.16. The molecule has 0 saturated heterocycles. The SMILES string of the molecule is CCCN(Cc1cnn(C)c1)S(=O)(=O)c1cn(C(C)C)cn1. The number of rotatable bonds is 7. The highest BCUT2D eigenvalue weighted by atomic mass is 32.2. The second kappa shape index (κ2) is 6.62. The summed E-state index contributed by atoms with van der Waals surface area (Å²) in [6.45, 7) is 6.68. The first-order chi connectivity index (χ1) is 10.3. The average molecular weight is 325 g/mol. The van der Waals surface area contributed by atoms with Gasteiger partial charge in [0.15, 0.2) is 5.03 Å². The van der Waals surface area contributed by atoms with Crippen molar-refractivity contribution in [3.8, 4) is 0 Å². The lowest BCUT2D eigenvalue weighted by Gasteiger charge is -2.19. The summed E-state index contributed by atoms with van der Waals surface area (Å²) < 4.78 is 30.5. The van der Waals surface area contributed by atoms with Crippen molar-refractivity contribution >= 4 is 10.0 Å². The van der Waals surface area contributed by atoms with E-state index in [9.17, 15) is 8.42 Å². The van der Waals surface area contributed by atoms with Crippen LogP contribution in [-0.4, -0.2) is 38.6 Å². The average Bonchev–Trinajstić information content (AvgIpc) is 3.07. The second-order valence-electron chi connectivity index (χ2n) is 5.61. The van der Waals surface area contributed by atoms with Gasteiger partial charge in [0.1, 0.15) is 0 Å². The lowest BCUT2D eigenvalue weighted by Crippen LogP contribution is -2.31. The van der Waals surface area contributed by atoms with Gasteiger partial charge in [-0.3, -0.25) is 4.68 Å². The van der Waals surface area contributed by atoms with E-state index in [1.165, 1.54) is 4.31 Å². The van der Waals surface area contributed by atoms with Crippen LogP contribution in [0, 0.1) is 0 Å². The Balaban J connectivity index is 2.28. The molecule has 0 aromatic carbocycles. The van der Waals surface area contributed by atoms with Crippen LogP contribution in [-0.2, 0) is 23.6 Å². The van der Waals surface area contributed by atoms with Gasteiger partial charge in [-0.1, -0.05) is 6.92 Å². The molecule has 0 aliphatic rings. The molecule has 0 amide bonds. The van der Waals surface area contributed by atoms with Crippen LogP contribution < -0.4 is 0 Å². The molecular formula is C14H23N5O2S. The lowest BCUT2D eigenvalue weighted by atomic mass is 10.3. The summed E-state index contributed by atoms with van der Waals surface area (Å²) in [5.41, 5.74) is 0.864. The van der Waals surface area contributed by atoms with Gasteiger partial charge in [0, 0.05) is 44.1 Å². The molecule has 2 aromatic heterocycles. The molecule has 0 bridgehead atoms. The first-order valence-corrected chi connectivity index (χ1v) is 8.79. The van der Waals surface area contributed by atoms with Crippen LogP contribution in [0.3, 0.4) is 0 Å². The first kappa shape index (κ1) is 16.7. The van der Waals surface area contributed by atoms with Gasteiger partial charge in [-0.25, -0.2) is 13.4 Å². The smallest absolute Gasteiger partial charge is 0.262 e. The van der Waals surface area contributed by atoms with E-state index in [0.29, 0.717) is 13.1 Å². The van der Waals surface area contributed by atoms with Crippen molar-refractivity contribution in [3.05, 3.63) is 30.5 Å². The fraction of sp³-hybridized carbons (Fsp3) is 0.571. The Morgan fingerprint density at radius 2 is 2.05 bits per heavy atom. The summed E-state index contributed by atoms with van der Waals surface area (Å²) in [5, 5.41) is 4.18. The molecule has 0 spiro atoms. The van der Waals surface area contributed by atoms with Gasteiger partial charge in [0.2, 0.25) is 0 Å². The van der Waals surface area contributed by atoms with Crippen LogP contribution in [0.5, 0.6) is 0 Å². The van der Waals surface area contributed by atoms with Gasteiger partial charge in [0.25, 0.3) is 10.0 Å². The molecule has 7 nitrogen and oxygen atoms in total. The molecule has 0 saturated carbocycles. The monoisotopic (exact) mass is 325 g/mol. The van der Waals surface area contributed by atoms with Crippen LogP contribution in [0.1, 0.15) is 38.8 Å². The minimum Gasteiger partial charge on any atom is -0.334 e. The van der Waals surface area contributed by atoms with Gasteiger partial charge in [-0.05, 0) is 20.3 Å². The lowest BCUT2D eigenvalue weighted by molar-refractivity contribution is 0.404. The number of aryl methyl sites for hydroxylation is 1. The molecule has 2 aromatic rings. The molecule has 0 radical (unpaired) electrons. The van der Waals surface area contributed by atoms with E-state index >= 15 is 0 Å². The van der Waals surface area contributed by atoms with E-state index in [1.54, 1.807) is 28.0 Å². The maximum atomic E-state index is 12.8. The third-order valence-corrected chi connectivity index (χ3v) is 5.10. The third kappa shape index (κ3) is 3.56. The molecule has 8 heteroatoms. The Kier molecular flexibility index (Phi) is 5.02. The Morgan fingerprint density at radius 1 is 1.32 bits per heavy atom. The molecule has 0 aliphatic heterocycles. The topological polar surface area (TPSA) is 73.0 Å². The number of nitrogens with zero attached hydrogens (tertiary/aromatic N) is 5.